The van der Waals surface area contributed by atoms with Gasteiger partial charge in [0.2, 0.25) is 0 Å². The van der Waals surface area contributed by atoms with Crippen molar-refractivity contribution in [3.05, 3.63) is 34.8 Å². The van der Waals surface area contributed by atoms with Gasteiger partial charge in [0.05, 0.1) is 30.3 Å². The van der Waals surface area contributed by atoms with Crippen LogP contribution in [-0.4, -0.2) is 52.2 Å². The highest BCUT2D eigenvalue weighted by molar-refractivity contribution is 7.86. The number of nitrogens with one attached hydrogen (secondary N) is 1. The Morgan fingerprint density at radius 3 is 2.79 bits per heavy atom. The molecule has 2 unspecified atom stereocenters. The van der Waals surface area contributed by atoms with Crippen LogP contribution in [0.4, 0.5) is 11.6 Å². The molecule has 1 fully saturated rings. The van der Waals surface area contributed by atoms with E-state index in [1.807, 2.05) is 30.8 Å². The van der Waals surface area contributed by atoms with Gasteiger partial charge in [-0.3, -0.25) is 8.86 Å². The average Bonchev–Trinajstić information content (AvgIpc) is 3.35. The molecule has 33 heavy (non-hydrogen) atoms. The molecule has 2 atom stereocenters. The number of hydrogen-bond donors (Lipinski definition) is 2. The standard InChI is InChI=1S/C21H28N8O3S/c1-4-16-13(2)26-29-19(23)17(11-22)20(25-21(16)29)24-9-7-15-8-10-28(27-15)18-6-5-14(18)12-33(30,31)32-3/h8,10,14,18H,4-7,9,12,23H2,1-3H3,(H,24,25). The number of anilines is 2. The van der Waals surface area contributed by atoms with Gasteiger partial charge in [-0.2, -0.15) is 28.4 Å². The Hall–Kier alpha value is -3.17. The van der Waals surface area contributed by atoms with Crippen molar-refractivity contribution in [3.8, 4) is 6.07 Å². The Balaban J connectivity index is 1.44. The van der Waals surface area contributed by atoms with Gasteiger partial charge in [-0.05, 0) is 38.2 Å². The largest absolute Gasteiger partial charge is 0.382 e. The summed E-state index contributed by atoms with van der Waals surface area (Å²) in [6.07, 6.45) is 4.99. The first-order chi connectivity index (χ1) is 15.8. The van der Waals surface area contributed by atoms with Crippen LogP contribution < -0.4 is 11.1 Å². The molecule has 0 amide bonds. The summed E-state index contributed by atoms with van der Waals surface area (Å²) in [4.78, 5) is 4.63. The number of rotatable bonds is 9. The van der Waals surface area contributed by atoms with Crippen LogP contribution in [-0.2, 0) is 27.1 Å². The van der Waals surface area contributed by atoms with Crippen LogP contribution in [0.5, 0.6) is 0 Å². The molecule has 11 nitrogen and oxygen atoms in total. The van der Waals surface area contributed by atoms with Gasteiger partial charge in [0.15, 0.2) is 5.65 Å². The van der Waals surface area contributed by atoms with E-state index in [2.05, 4.69) is 30.8 Å². The fraction of sp³-hybridized carbons (Fsp3) is 0.524. The average molecular weight is 473 g/mol. The first-order valence-electron chi connectivity index (χ1n) is 10.9. The van der Waals surface area contributed by atoms with Gasteiger partial charge in [-0.1, -0.05) is 6.92 Å². The van der Waals surface area contributed by atoms with Crippen molar-refractivity contribution in [2.45, 2.75) is 45.6 Å². The van der Waals surface area contributed by atoms with Crippen LogP contribution in [0.2, 0.25) is 0 Å². The van der Waals surface area contributed by atoms with E-state index in [4.69, 9.17) is 5.73 Å². The quantitative estimate of drug-likeness (QED) is 0.444. The summed E-state index contributed by atoms with van der Waals surface area (Å²) in [7, 11) is -2.30. The smallest absolute Gasteiger partial charge is 0.267 e. The van der Waals surface area contributed by atoms with Gasteiger partial charge in [0, 0.05) is 24.7 Å². The van der Waals surface area contributed by atoms with E-state index in [0.29, 0.717) is 24.4 Å². The van der Waals surface area contributed by atoms with E-state index in [1.165, 1.54) is 11.6 Å². The maximum atomic E-state index is 11.8. The minimum absolute atomic E-state index is 0.00443. The fourth-order valence-electron chi connectivity index (χ4n) is 4.30. The molecule has 3 heterocycles. The minimum atomic E-state index is -3.49. The molecule has 0 spiro atoms. The van der Waals surface area contributed by atoms with Gasteiger partial charge in [-0.25, -0.2) is 4.98 Å². The van der Waals surface area contributed by atoms with Gasteiger partial charge >= 0.3 is 0 Å². The Bertz CT molecular complexity index is 1320. The molecular weight excluding hydrogens is 444 g/mol. The van der Waals surface area contributed by atoms with Crippen molar-refractivity contribution in [2.75, 3.05) is 30.5 Å². The monoisotopic (exact) mass is 472 g/mol. The van der Waals surface area contributed by atoms with Crippen LogP contribution in [0.25, 0.3) is 5.65 Å². The van der Waals surface area contributed by atoms with Gasteiger partial charge < -0.3 is 11.1 Å². The van der Waals surface area contributed by atoms with Crippen LogP contribution in [0.1, 0.15) is 48.3 Å². The fourth-order valence-corrected chi connectivity index (χ4v) is 5.35. The molecule has 0 aliphatic heterocycles. The lowest BCUT2D eigenvalue weighted by molar-refractivity contribution is 0.183. The predicted molar refractivity (Wildman–Crippen MR) is 123 cm³/mol. The topological polar surface area (TPSA) is 153 Å². The number of fused-ring (bicyclic) bond motifs is 1. The van der Waals surface area contributed by atoms with E-state index in [-0.39, 0.29) is 29.1 Å². The number of aryl methyl sites for hydroxylation is 2. The van der Waals surface area contributed by atoms with Crippen molar-refractivity contribution in [2.24, 2.45) is 5.92 Å². The molecule has 12 heteroatoms. The lowest BCUT2D eigenvalue weighted by Gasteiger charge is -2.36. The Morgan fingerprint density at radius 1 is 1.36 bits per heavy atom. The highest BCUT2D eigenvalue weighted by Gasteiger charge is 2.36. The van der Waals surface area contributed by atoms with Gasteiger partial charge in [-0.15, -0.1) is 0 Å². The Labute approximate surface area is 192 Å². The zero-order valence-electron chi connectivity index (χ0n) is 18.9. The molecule has 176 valence electrons. The van der Waals surface area contributed by atoms with Gasteiger partial charge in [0.1, 0.15) is 23.3 Å². The van der Waals surface area contributed by atoms with E-state index in [9.17, 15) is 13.7 Å². The predicted octanol–water partition coefficient (Wildman–Crippen LogP) is 1.83. The van der Waals surface area contributed by atoms with Crippen molar-refractivity contribution >= 4 is 27.4 Å². The van der Waals surface area contributed by atoms with Gasteiger partial charge in [0.25, 0.3) is 10.1 Å². The molecule has 0 saturated heterocycles. The first-order valence-corrected chi connectivity index (χ1v) is 12.5. The lowest BCUT2D eigenvalue weighted by atomic mass is 9.81. The van der Waals surface area contributed by atoms with E-state index in [1.54, 1.807) is 0 Å². The molecule has 4 rings (SSSR count). The van der Waals surface area contributed by atoms with Crippen LogP contribution in [0.3, 0.4) is 0 Å². The lowest BCUT2D eigenvalue weighted by Crippen LogP contribution is -2.35. The zero-order valence-corrected chi connectivity index (χ0v) is 19.8. The third-order valence-electron chi connectivity index (χ3n) is 6.29. The molecule has 0 radical (unpaired) electrons. The summed E-state index contributed by atoms with van der Waals surface area (Å²) in [5.41, 5.74) is 9.83. The summed E-state index contributed by atoms with van der Waals surface area (Å²) >= 11 is 0. The highest BCUT2D eigenvalue weighted by Crippen LogP contribution is 2.39. The van der Waals surface area contributed by atoms with Crippen LogP contribution in [0, 0.1) is 24.2 Å². The van der Waals surface area contributed by atoms with E-state index in [0.717, 1.165) is 36.2 Å². The van der Waals surface area contributed by atoms with E-state index < -0.39 is 10.1 Å². The maximum Gasteiger partial charge on any atom is 0.267 e. The molecule has 1 aliphatic rings. The van der Waals surface area contributed by atoms with Crippen molar-refractivity contribution in [1.82, 2.24) is 24.4 Å². The second kappa shape index (κ2) is 8.99. The van der Waals surface area contributed by atoms with Crippen LogP contribution in [0.15, 0.2) is 12.3 Å². The van der Waals surface area contributed by atoms with Crippen molar-refractivity contribution in [3.63, 3.8) is 0 Å². The third kappa shape index (κ3) is 4.38. The summed E-state index contributed by atoms with van der Waals surface area (Å²) in [6, 6.07) is 4.11. The van der Waals surface area contributed by atoms with E-state index >= 15 is 0 Å². The number of nitrogen functional groups attached to an aromatic ring is 1. The van der Waals surface area contributed by atoms with Crippen molar-refractivity contribution < 1.29 is 12.6 Å². The second-order valence-corrected chi connectivity index (χ2v) is 10.0. The number of nitrogens with two attached hydrogens (primary N) is 1. The first kappa shape index (κ1) is 23.0. The Morgan fingerprint density at radius 2 is 2.15 bits per heavy atom. The Kier molecular flexibility index (Phi) is 6.27. The molecule has 3 aromatic heterocycles. The maximum absolute atomic E-state index is 11.8. The highest BCUT2D eigenvalue weighted by atomic mass is 32.2. The molecule has 3 N–H and O–H groups in total. The molecule has 1 aliphatic carbocycles. The summed E-state index contributed by atoms with van der Waals surface area (Å²) < 4.78 is 31.5. The minimum Gasteiger partial charge on any atom is -0.382 e. The summed E-state index contributed by atoms with van der Waals surface area (Å²) in [6.45, 7) is 4.44. The summed E-state index contributed by atoms with van der Waals surface area (Å²) in [5.74, 6) is 0.704. The SMILES string of the molecule is CCc1c(C)nn2c(N)c(C#N)c(NCCc3ccn(C4CCC4CS(=O)(=O)OC)n3)nc12. The van der Waals surface area contributed by atoms with Crippen LogP contribution >= 0.6 is 0 Å². The molecule has 1 saturated carbocycles. The molecule has 0 bridgehead atoms. The molecule has 0 aromatic carbocycles. The molecule has 3 aromatic rings. The number of aromatic nitrogens is 5. The molecular formula is C21H28N8O3S. The second-order valence-electron chi connectivity index (χ2n) is 8.25. The third-order valence-corrected chi connectivity index (χ3v) is 7.63. The number of nitriles is 1. The number of nitrogens with zero attached hydrogens (tertiary/aromatic N) is 6. The summed E-state index contributed by atoms with van der Waals surface area (Å²) in [5, 5.41) is 21.9. The van der Waals surface area contributed by atoms with Crippen molar-refractivity contribution in [1.29, 1.82) is 5.26 Å². The number of hydrogen-bond acceptors (Lipinski definition) is 9. The zero-order chi connectivity index (χ0) is 23.8. The normalized spacial score (nSPS) is 18.2.